The third-order valence-electron chi connectivity index (χ3n) is 22.0. The monoisotopic (exact) mass is 1580 g/mol. The summed E-state index contributed by atoms with van der Waals surface area (Å²) in [6.07, 6.45) is 15.1. The number of rotatable bonds is 0. The highest BCUT2D eigenvalue weighted by Crippen LogP contribution is 2.31. The van der Waals surface area contributed by atoms with Gasteiger partial charge in [0.2, 0.25) is 0 Å². The van der Waals surface area contributed by atoms with E-state index in [1.165, 1.54) is 196 Å². The highest BCUT2D eigenvalue weighted by Gasteiger charge is 2.07. The van der Waals surface area contributed by atoms with Gasteiger partial charge in [-0.2, -0.15) is 0 Å². The summed E-state index contributed by atoms with van der Waals surface area (Å²) in [7, 11) is 0. The molecule has 8 heterocycles. The molecule has 0 aliphatic carbocycles. The van der Waals surface area contributed by atoms with E-state index < -0.39 is 0 Å². The van der Waals surface area contributed by atoms with Crippen molar-refractivity contribution in [1.29, 1.82) is 0 Å². The van der Waals surface area contributed by atoms with E-state index in [-0.39, 0.29) is 0 Å². The molecule has 0 saturated carbocycles. The van der Waals surface area contributed by atoms with Gasteiger partial charge in [-0.3, -0.25) is 29.9 Å². The van der Waals surface area contributed by atoms with E-state index >= 15 is 0 Å². The normalized spacial score (nSPS) is 10.5. The van der Waals surface area contributed by atoms with Crippen LogP contribution in [0.1, 0.15) is 112 Å². The van der Waals surface area contributed by atoms with Crippen molar-refractivity contribution in [2.75, 3.05) is 0 Å². The summed E-state index contributed by atoms with van der Waals surface area (Å²) in [6.45, 7) is 42.4. The zero-order chi connectivity index (χ0) is 84.1. The van der Waals surface area contributed by atoms with Crippen molar-refractivity contribution in [1.82, 2.24) is 29.9 Å². The quantitative estimate of drug-likeness (QED) is 0.151. The van der Waals surface area contributed by atoms with Crippen LogP contribution in [0, 0.1) is 138 Å². The molecular weight excluding hydrogens is 1470 g/mol. The lowest BCUT2D eigenvalue weighted by molar-refractivity contribution is 1.21. The summed E-state index contributed by atoms with van der Waals surface area (Å²) < 4.78 is 2.87. The molecule has 20 rings (SSSR count). The van der Waals surface area contributed by atoms with E-state index in [0.717, 1.165) is 22.4 Å². The summed E-state index contributed by atoms with van der Waals surface area (Å²) in [5, 5.41) is 25.5. The van der Waals surface area contributed by atoms with Crippen molar-refractivity contribution in [2.45, 2.75) is 138 Å². The molecule has 0 saturated heterocycles. The van der Waals surface area contributed by atoms with Gasteiger partial charge in [-0.05, 0) is 334 Å². The summed E-state index contributed by atoms with van der Waals surface area (Å²) in [4.78, 5) is 25.5. The van der Waals surface area contributed by atoms with Crippen molar-refractivity contribution in [3.05, 3.63) is 415 Å². The van der Waals surface area contributed by atoms with Crippen LogP contribution in [0.25, 0.3) is 107 Å². The molecule has 0 amide bonds. The number of hydrogen-bond acceptors (Lipinski definition) is 8. The number of benzene rings is 12. The molecule has 0 fully saturated rings. The molecule has 8 aromatic heterocycles. The van der Waals surface area contributed by atoms with Gasteiger partial charge < -0.3 is 0 Å². The standard InChI is InChI=1S/2C12H12.6C11H11N.2C10H10S/c1-9-5-3-8-12-10(2)6-4-7-11(9)12;1-9-7-8-10(2)12-6-4-3-5-11(9)12;1-8-3-4-9(2)11-7-12-6-5-10(8)11;1-8-5-6-9(2)11-10(8)4-3-7-12-11;1-8-4-3-5-10-9(2)6-12-7-11(8)10;1-8-6-7-12-11-9(2)4-3-5-10(8)11;1-8-4-3-5-11-9(2)12-7-6-10(8)11;1-8-7-12-9(2)11-6-4-3-5-10(8)11;1-7-3-4-8(2)10-9(7)5-6-11-10;1-7-4-3-5-9-8(2)6-11-10(7)9/h2*3-8H,1-2H3;6*3-7H,1-2H3;2*3-6H,1-2H3. The molecule has 6 nitrogen and oxygen atoms in total. The lowest BCUT2D eigenvalue weighted by Crippen LogP contribution is -1.86. The minimum atomic E-state index is 1.11. The predicted molar refractivity (Wildman–Crippen MR) is 517 cm³/mol. The SMILES string of the molecule is Cc1ccc(C)c2ccccc12.Cc1ccc(C)c2cnccc12.Cc1ccc(C)c2ncccc12.Cc1ccc(C)c2sccc12.Cc1cccc2c(C)cccc12.Cc1cccc2c(C)nccc12.Cc1ccnc2c(C)cccc12.Cc1cnc(C)c2ccccc12.Cc1cncc2c(C)cccc12.Cc1csc2c(C)cccc12. The van der Waals surface area contributed by atoms with Crippen LogP contribution < -0.4 is 0 Å². The van der Waals surface area contributed by atoms with E-state index in [1.54, 1.807) is 0 Å². The first-order valence-electron chi connectivity index (χ1n) is 40.5. The second-order valence-corrected chi connectivity index (χ2v) is 32.6. The highest BCUT2D eigenvalue weighted by atomic mass is 32.1. The van der Waals surface area contributed by atoms with Crippen LogP contribution in [0.15, 0.2) is 303 Å². The van der Waals surface area contributed by atoms with E-state index in [4.69, 9.17) is 0 Å². The van der Waals surface area contributed by atoms with Crippen molar-refractivity contribution >= 4 is 129 Å². The Hall–Kier alpha value is -12.5. The molecule has 0 atom stereocenters. The molecule has 0 N–H and O–H groups in total. The number of pyridine rings is 6. The van der Waals surface area contributed by atoms with Gasteiger partial charge in [0, 0.05) is 103 Å². The van der Waals surface area contributed by atoms with Crippen molar-refractivity contribution in [3.8, 4) is 0 Å². The molecule has 20 aromatic rings. The first-order chi connectivity index (χ1) is 56.9. The van der Waals surface area contributed by atoms with Crippen molar-refractivity contribution in [3.63, 3.8) is 0 Å². The van der Waals surface area contributed by atoms with Crippen LogP contribution in [0.5, 0.6) is 0 Å². The van der Waals surface area contributed by atoms with E-state index in [1.807, 2.05) is 98.2 Å². The molecule has 0 aliphatic rings. The first-order valence-corrected chi connectivity index (χ1v) is 42.2. The zero-order valence-corrected chi connectivity index (χ0v) is 74.0. The maximum atomic E-state index is 4.34. The van der Waals surface area contributed by atoms with Crippen molar-refractivity contribution < 1.29 is 0 Å². The third-order valence-corrected chi connectivity index (χ3v) is 24.3. The van der Waals surface area contributed by atoms with Gasteiger partial charge in [0.1, 0.15) is 0 Å². The minimum absolute atomic E-state index is 1.11. The Balaban J connectivity index is 0.000000129. The highest BCUT2D eigenvalue weighted by molar-refractivity contribution is 7.17. The number of para-hydroxylation sites is 1. The molecule has 0 spiro atoms. The van der Waals surface area contributed by atoms with Crippen LogP contribution in [0.4, 0.5) is 0 Å². The molecule has 592 valence electrons. The Morgan fingerprint density at radius 1 is 0.169 bits per heavy atom. The van der Waals surface area contributed by atoms with Gasteiger partial charge in [-0.1, -0.05) is 212 Å². The fourth-order valence-corrected chi connectivity index (χ4v) is 16.8. The molecule has 0 unspecified atom stereocenters. The number of thiophene rings is 2. The van der Waals surface area contributed by atoms with Gasteiger partial charge in [0.25, 0.3) is 0 Å². The molecule has 8 heteroatoms. The van der Waals surface area contributed by atoms with Gasteiger partial charge >= 0.3 is 0 Å². The van der Waals surface area contributed by atoms with E-state index in [2.05, 4.69) is 396 Å². The van der Waals surface area contributed by atoms with Gasteiger partial charge in [-0.15, -0.1) is 22.7 Å². The Bertz CT molecular complexity index is 5660. The van der Waals surface area contributed by atoms with Crippen LogP contribution in [-0.4, -0.2) is 29.9 Å². The third kappa shape index (κ3) is 21.4. The number of fused-ring (bicyclic) bond motifs is 10. The Labute approximate surface area is 707 Å². The summed E-state index contributed by atoms with van der Waals surface area (Å²) in [6, 6.07) is 85.0. The van der Waals surface area contributed by atoms with Gasteiger partial charge in [-0.25, -0.2) is 0 Å². The second kappa shape index (κ2) is 40.9. The summed E-state index contributed by atoms with van der Waals surface area (Å²) >= 11 is 3.67. The predicted octanol–water partition coefficient (Wildman–Crippen LogP) is 31.1. The van der Waals surface area contributed by atoms with Crippen LogP contribution in [-0.2, 0) is 0 Å². The molecular formula is C110H110N6S2. The lowest BCUT2D eigenvalue weighted by atomic mass is 10.0. The van der Waals surface area contributed by atoms with E-state index in [0.29, 0.717) is 0 Å². The largest absolute Gasteiger partial charge is 0.264 e. The molecule has 0 aliphatic heterocycles. The van der Waals surface area contributed by atoms with E-state index in [9.17, 15) is 0 Å². The number of nitrogens with zero attached hydrogens (tertiary/aromatic N) is 6. The summed E-state index contributed by atoms with van der Waals surface area (Å²) in [5.74, 6) is 0. The number of aryl methyl sites for hydroxylation is 20. The Morgan fingerprint density at radius 3 is 1.00 bits per heavy atom. The number of aromatic nitrogens is 6. The first kappa shape index (κ1) is 86.4. The maximum absolute atomic E-state index is 4.34. The average molecular weight is 1580 g/mol. The fourth-order valence-electron chi connectivity index (χ4n) is 14.8. The topological polar surface area (TPSA) is 77.3 Å². The molecule has 0 bridgehead atoms. The minimum Gasteiger partial charge on any atom is -0.264 e. The molecule has 0 radical (unpaired) electrons. The second-order valence-electron chi connectivity index (χ2n) is 30.8. The molecule has 12 aromatic carbocycles. The zero-order valence-electron chi connectivity index (χ0n) is 72.4. The smallest absolute Gasteiger partial charge is 0.0733 e. The maximum Gasteiger partial charge on any atom is 0.0733 e. The number of hydrogen-bond donors (Lipinski definition) is 0. The Kier molecular flexibility index (Phi) is 29.9. The van der Waals surface area contributed by atoms with Crippen LogP contribution >= 0.6 is 22.7 Å². The Morgan fingerprint density at radius 2 is 0.483 bits per heavy atom. The fraction of sp³-hybridized carbons (Fsp3) is 0.182. The van der Waals surface area contributed by atoms with Gasteiger partial charge in [0.15, 0.2) is 0 Å². The van der Waals surface area contributed by atoms with Crippen LogP contribution in [0.2, 0.25) is 0 Å². The summed E-state index contributed by atoms with van der Waals surface area (Å²) in [5.41, 5.74) is 28.2. The van der Waals surface area contributed by atoms with Crippen LogP contribution in [0.3, 0.4) is 0 Å². The van der Waals surface area contributed by atoms with Crippen molar-refractivity contribution in [2.24, 2.45) is 0 Å². The lowest BCUT2D eigenvalue weighted by Gasteiger charge is -2.03. The average Bonchev–Trinajstić information content (AvgIpc) is 1.34. The van der Waals surface area contributed by atoms with Gasteiger partial charge in [0.05, 0.1) is 11.0 Å². The molecule has 118 heavy (non-hydrogen) atoms.